The fraction of sp³-hybridized carbons (Fsp3) is 0.750. The summed E-state index contributed by atoms with van der Waals surface area (Å²) in [5.41, 5.74) is 1.17. The highest BCUT2D eigenvalue weighted by Gasteiger charge is 2.08. The van der Waals surface area contributed by atoms with Gasteiger partial charge in [-0.2, -0.15) is 0 Å². The van der Waals surface area contributed by atoms with E-state index in [9.17, 15) is 0 Å². The molecule has 0 aliphatic carbocycles. The molecule has 0 saturated heterocycles. The van der Waals surface area contributed by atoms with Crippen LogP contribution in [0, 0.1) is 0 Å². The van der Waals surface area contributed by atoms with Crippen molar-refractivity contribution < 1.29 is 0 Å². The summed E-state index contributed by atoms with van der Waals surface area (Å²) in [6.45, 7) is 11.0. The molecule has 2 N–H and O–H groups in total. The van der Waals surface area contributed by atoms with E-state index >= 15 is 0 Å². The Morgan fingerprint density at radius 3 is 2.20 bits per heavy atom. The van der Waals surface area contributed by atoms with Crippen molar-refractivity contribution in [3.8, 4) is 0 Å². The van der Waals surface area contributed by atoms with E-state index in [1.807, 2.05) is 7.05 Å². The van der Waals surface area contributed by atoms with Gasteiger partial charge in [0.2, 0.25) is 0 Å². The van der Waals surface area contributed by atoms with Gasteiger partial charge in [-0.1, -0.05) is 6.58 Å². The summed E-state index contributed by atoms with van der Waals surface area (Å²) in [5.74, 6) is 0. The fourth-order valence-corrected chi connectivity index (χ4v) is 0.788. The van der Waals surface area contributed by atoms with Crippen LogP contribution in [0.4, 0.5) is 0 Å². The largest absolute Gasteiger partial charge is 0.383 e. The Morgan fingerprint density at radius 2 is 1.90 bits per heavy atom. The predicted molar refractivity (Wildman–Crippen MR) is 46.0 cm³/mol. The summed E-state index contributed by atoms with van der Waals surface area (Å²) in [4.78, 5) is 0. The molecule has 0 bridgehead atoms. The third-order valence-corrected chi connectivity index (χ3v) is 0.942. The van der Waals surface area contributed by atoms with Crippen LogP contribution in [0.5, 0.6) is 0 Å². The number of nitrogens with one attached hydrogen (secondary N) is 2. The third-order valence-electron chi connectivity index (χ3n) is 0.942. The van der Waals surface area contributed by atoms with Crippen molar-refractivity contribution in [3.05, 3.63) is 12.3 Å². The Morgan fingerprint density at radius 1 is 1.40 bits per heavy atom. The molecule has 0 aromatic rings. The van der Waals surface area contributed by atoms with Gasteiger partial charge in [0.15, 0.2) is 0 Å². The van der Waals surface area contributed by atoms with E-state index in [2.05, 4.69) is 38.0 Å². The van der Waals surface area contributed by atoms with E-state index in [4.69, 9.17) is 0 Å². The van der Waals surface area contributed by atoms with Crippen molar-refractivity contribution in [1.29, 1.82) is 0 Å². The van der Waals surface area contributed by atoms with Gasteiger partial charge < -0.3 is 10.6 Å². The van der Waals surface area contributed by atoms with E-state index in [0.29, 0.717) is 0 Å². The van der Waals surface area contributed by atoms with Crippen LogP contribution in [0.15, 0.2) is 12.3 Å². The SMILES string of the molecule is C=C(CNC)NC(C)(C)C. The molecule has 10 heavy (non-hydrogen) atoms. The maximum atomic E-state index is 3.86. The normalized spacial score (nSPS) is 11.2. The first-order chi connectivity index (χ1) is 4.45. The van der Waals surface area contributed by atoms with Gasteiger partial charge in [-0.25, -0.2) is 0 Å². The van der Waals surface area contributed by atoms with E-state index in [1.165, 1.54) is 0 Å². The van der Waals surface area contributed by atoms with E-state index in [-0.39, 0.29) is 5.54 Å². The van der Waals surface area contributed by atoms with Crippen molar-refractivity contribution >= 4 is 0 Å². The highest BCUT2D eigenvalue weighted by atomic mass is 15.0. The van der Waals surface area contributed by atoms with Gasteiger partial charge in [0.1, 0.15) is 0 Å². The maximum absolute atomic E-state index is 3.86. The average Bonchev–Trinajstić information content (AvgIpc) is 1.59. The highest BCUT2D eigenvalue weighted by Crippen LogP contribution is 2.00. The summed E-state index contributed by atoms with van der Waals surface area (Å²) < 4.78 is 0. The molecule has 0 unspecified atom stereocenters. The van der Waals surface area contributed by atoms with E-state index in [1.54, 1.807) is 0 Å². The zero-order valence-electron chi connectivity index (χ0n) is 7.41. The Hall–Kier alpha value is -0.500. The van der Waals surface area contributed by atoms with Crippen molar-refractivity contribution in [2.45, 2.75) is 26.3 Å². The minimum Gasteiger partial charge on any atom is -0.383 e. The van der Waals surface area contributed by atoms with Crippen LogP contribution in [0.2, 0.25) is 0 Å². The quantitative estimate of drug-likeness (QED) is 0.617. The van der Waals surface area contributed by atoms with Crippen LogP contribution < -0.4 is 10.6 Å². The molecular weight excluding hydrogens is 124 g/mol. The van der Waals surface area contributed by atoms with Crippen molar-refractivity contribution in [2.75, 3.05) is 13.6 Å². The molecule has 0 aromatic heterocycles. The second-order valence-electron chi connectivity index (χ2n) is 3.51. The average molecular weight is 142 g/mol. The molecule has 0 aliphatic heterocycles. The standard InChI is InChI=1S/C8H18N2/c1-7(6-9-5)10-8(2,3)4/h9-10H,1,6H2,2-5H3. The van der Waals surface area contributed by atoms with Gasteiger partial charge in [0.25, 0.3) is 0 Å². The molecule has 0 atom stereocenters. The molecule has 2 nitrogen and oxygen atoms in total. The van der Waals surface area contributed by atoms with Crippen LogP contribution in [0.1, 0.15) is 20.8 Å². The summed E-state index contributed by atoms with van der Waals surface area (Å²) >= 11 is 0. The topological polar surface area (TPSA) is 24.1 Å². The van der Waals surface area contributed by atoms with Gasteiger partial charge in [-0.05, 0) is 27.8 Å². The lowest BCUT2D eigenvalue weighted by molar-refractivity contribution is 0.466. The lowest BCUT2D eigenvalue weighted by Gasteiger charge is -2.23. The zero-order valence-corrected chi connectivity index (χ0v) is 7.41. The Kier molecular flexibility index (Phi) is 3.43. The minimum absolute atomic E-state index is 0.133. The molecule has 0 fully saturated rings. The van der Waals surface area contributed by atoms with Crippen LogP contribution in [0.25, 0.3) is 0 Å². The maximum Gasteiger partial charge on any atom is 0.0345 e. The molecule has 0 radical (unpaired) electrons. The molecule has 0 spiro atoms. The van der Waals surface area contributed by atoms with Crippen molar-refractivity contribution in [1.82, 2.24) is 10.6 Å². The molecule has 0 heterocycles. The second-order valence-corrected chi connectivity index (χ2v) is 3.51. The molecule has 60 valence electrons. The van der Waals surface area contributed by atoms with Gasteiger partial charge in [0, 0.05) is 17.8 Å². The second kappa shape index (κ2) is 3.62. The highest BCUT2D eigenvalue weighted by molar-refractivity contribution is 4.97. The van der Waals surface area contributed by atoms with Gasteiger partial charge in [-0.15, -0.1) is 0 Å². The van der Waals surface area contributed by atoms with Crippen molar-refractivity contribution in [2.24, 2.45) is 0 Å². The molecule has 0 aliphatic rings. The lowest BCUT2D eigenvalue weighted by atomic mass is 10.1. The minimum atomic E-state index is 0.133. The number of likely N-dealkylation sites (N-methyl/N-ethyl adjacent to an activating group) is 1. The number of hydrogen-bond acceptors (Lipinski definition) is 2. The summed E-state index contributed by atoms with van der Waals surface area (Å²) in [6.07, 6.45) is 0. The Labute approximate surface area is 63.7 Å². The third kappa shape index (κ3) is 5.63. The first-order valence-electron chi connectivity index (χ1n) is 3.56. The Balaban J connectivity index is 3.58. The Bertz CT molecular complexity index is 111. The summed E-state index contributed by atoms with van der Waals surface area (Å²) in [5, 5.41) is 6.29. The number of rotatable bonds is 3. The summed E-state index contributed by atoms with van der Waals surface area (Å²) in [6, 6.07) is 0. The smallest absolute Gasteiger partial charge is 0.0345 e. The van der Waals surface area contributed by atoms with Gasteiger partial charge >= 0.3 is 0 Å². The number of hydrogen-bond donors (Lipinski definition) is 2. The summed E-state index contributed by atoms with van der Waals surface area (Å²) in [7, 11) is 1.91. The van der Waals surface area contributed by atoms with E-state index in [0.717, 1.165) is 12.2 Å². The van der Waals surface area contributed by atoms with E-state index < -0.39 is 0 Å². The molecular formula is C8H18N2. The van der Waals surface area contributed by atoms with Gasteiger partial charge in [-0.3, -0.25) is 0 Å². The monoisotopic (exact) mass is 142 g/mol. The molecule has 0 saturated carbocycles. The van der Waals surface area contributed by atoms with Gasteiger partial charge in [0.05, 0.1) is 0 Å². The van der Waals surface area contributed by atoms with Crippen LogP contribution in [-0.2, 0) is 0 Å². The first-order valence-corrected chi connectivity index (χ1v) is 3.56. The van der Waals surface area contributed by atoms with Crippen LogP contribution >= 0.6 is 0 Å². The molecule has 2 heteroatoms. The van der Waals surface area contributed by atoms with Crippen LogP contribution in [0.3, 0.4) is 0 Å². The lowest BCUT2D eigenvalue weighted by Crippen LogP contribution is -2.37. The molecule has 0 aromatic carbocycles. The molecule has 0 rings (SSSR count). The predicted octanol–water partition coefficient (Wildman–Crippen LogP) is 1.11. The first kappa shape index (κ1) is 9.50. The zero-order chi connectivity index (χ0) is 8.20. The van der Waals surface area contributed by atoms with Crippen molar-refractivity contribution in [3.63, 3.8) is 0 Å². The molecule has 0 amide bonds. The fourth-order valence-electron chi connectivity index (χ4n) is 0.788. The van der Waals surface area contributed by atoms with Crippen LogP contribution in [-0.4, -0.2) is 19.1 Å².